The monoisotopic (exact) mass is 354 g/mol. The SMILES string of the molecule is COCCn1ncc(Br)c1C(NN)c1cccc(OC)c1. The molecule has 2 rings (SSSR count). The van der Waals surface area contributed by atoms with Gasteiger partial charge in [-0.3, -0.25) is 10.5 Å². The number of methoxy groups -OCH3 is 2. The van der Waals surface area contributed by atoms with E-state index in [1.54, 1.807) is 20.4 Å². The van der Waals surface area contributed by atoms with Crippen molar-refractivity contribution in [1.29, 1.82) is 0 Å². The van der Waals surface area contributed by atoms with Gasteiger partial charge in [0.1, 0.15) is 5.75 Å². The number of nitrogens with two attached hydrogens (primary N) is 1. The largest absolute Gasteiger partial charge is 0.497 e. The summed E-state index contributed by atoms with van der Waals surface area (Å²) in [5, 5.41) is 4.35. The maximum atomic E-state index is 5.77. The number of ether oxygens (including phenoxy) is 2. The molecule has 1 aromatic carbocycles. The summed E-state index contributed by atoms with van der Waals surface area (Å²) in [5.41, 5.74) is 4.79. The molecule has 114 valence electrons. The first-order chi connectivity index (χ1) is 10.2. The maximum Gasteiger partial charge on any atom is 0.119 e. The number of hydrazine groups is 1. The normalized spacial score (nSPS) is 12.4. The molecule has 6 nitrogen and oxygen atoms in total. The third-order valence-electron chi connectivity index (χ3n) is 3.21. The lowest BCUT2D eigenvalue weighted by Crippen LogP contribution is -2.31. The third kappa shape index (κ3) is 3.62. The molecule has 0 saturated carbocycles. The van der Waals surface area contributed by atoms with Gasteiger partial charge in [-0.2, -0.15) is 5.10 Å². The standard InChI is InChI=1S/C14H19BrN4O2/c1-20-7-6-19-14(12(15)9-17-19)13(18-16)10-4-3-5-11(8-10)21-2/h3-5,8-9,13,18H,6-7,16H2,1-2H3. The van der Waals surface area contributed by atoms with Crippen molar-refractivity contribution >= 4 is 15.9 Å². The fraction of sp³-hybridized carbons (Fsp3) is 0.357. The molecule has 0 spiro atoms. The van der Waals surface area contributed by atoms with Gasteiger partial charge in [0.15, 0.2) is 0 Å². The molecular formula is C14H19BrN4O2. The lowest BCUT2D eigenvalue weighted by atomic mass is 10.0. The summed E-state index contributed by atoms with van der Waals surface area (Å²) in [6, 6.07) is 7.57. The van der Waals surface area contributed by atoms with Crippen molar-refractivity contribution in [3.05, 3.63) is 46.2 Å². The van der Waals surface area contributed by atoms with Crippen LogP contribution < -0.4 is 16.0 Å². The quantitative estimate of drug-likeness (QED) is 0.586. The van der Waals surface area contributed by atoms with Gasteiger partial charge in [-0.05, 0) is 33.6 Å². The molecule has 0 saturated heterocycles. The second kappa shape index (κ2) is 7.56. The van der Waals surface area contributed by atoms with E-state index in [0.29, 0.717) is 13.2 Å². The first kappa shape index (κ1) is 16.0. The maximum absolute atomic E-state index is 5.77. The number of rotatable bonds is 7. The molecule has 1 unspecified atom stereocenters. The first-order valence-corrected chi connectivity index (χ1v) is 7.30. The molecule has 1 aromatic heterocycles. The van der Waals surface area contributed by atoms with Crippen LogP contribution >= 0.6 is 15.9 Å². The summed E-state index contributed by atoms with van der Waals surface area (Å²) >= 11 is 3.53. The number of benzene rings is 1. The molecule has 0 aliphatic rings. The van der Waals surface area contributed by atoms with Gasteiger partial charge in [-0.25, -0.2) is 5.43 Å². The van der Waals surface area contributed by atoms with E-state index < -0.39 is 0 Å². The van der Waals surface area contributed by atoms with Crippen LogP contribution in [0.5, 0.6) is 5.75 Å². The molecular weight excluding hydrogens is 336 g/mol. The predicted octanol–water partition coefficient (Wildman–Crippen LogP) is 1.85. The topological polar surface area (TPSA) is 74.3 Å². The molecule has 0 fully saturated rings. The van der Waals surface area contributed by atoms with E-state index in [1.165, 1.54) is 0 Å². The van der Waals surface area contributed by atoms with Crippen LogP contribution in [0.4, 0.5) is 0 Å². The summed E-state index contributed by atoms with van der Waals surface area (Å²) in [6.07, 6.45) is 1.76. The molecule has 0 aliphatic carbocycles. The molecule has 0 bridgehead atoms. The Kier molecular flexibility index (Phi) is 5.75. The molecule has 1 heterocycles. The van der Waals surface area contributed by atoms with Crippen LogP contribution in [0, 0.1) is 0 Å². The Morgan fingerprint density at radius 2 is 2.24 bits per heavy atom. The molecule has 7 heteroatoms. The molecule has 1 atom stereocenters. The van der Waals surface area contributed by atoms with E-state index in [1.807, 2.05) is 28.9 Å². The number of hydrogen-bond acceptors (Lipinski definition) is 5. The highest BCUT2D eigenvalue weighted by molar-refractivity contribution is 9.10. The Balaban J connectivity index is 2.38. The summed E-state index contributed by atoms with van der Waals surface area (Å²) in [5.74, 6) is 6.55. The minimum Gasteiger partial charge on any atom is -0.497 e. The number of nitrogens with zero attached hydrogens (tertiary/aromatic N) is 2. The molecule has 21 heavy (non-hydrogen) atoms. The molecule has 3 N–H and O–H groups in total. The Hall–Kier alpha value is -1.41. The minimum atomic E-state index is -0.200. The van der Waals surface area contributed by atoms with Gasteiger partial charge in [0.05, 0.1) is 42.7 Å². The second-order valence-electron chi connectivity index (χ2n) is 4.47. The Labute approximate surface area is 132 Å². The van der Waals surface area contributed by atoms with Gasteiger partial charge in [0.2, 0.25) is 0 Å². The second-order valence-corrected chi connectivity index (χ2v) is 5.32. The van der Waals surface area contributed by atoms with Crippen LogP contribution in [0.1, 0.15) is 17.3 Å². The van der Waals surface area contributed by atoms with E-state index in [9.17, 15) is 0 Å². The Bertz CT molecular complexity index is 588. The van der Waals surface area contributed by atoms with Crippen molar-refractivity contribution in [3.8, 4) is 5.75 Å². The highest BCUT2D eigenvalue weighted by atomic mass is 79.9. The third-order valence-corrected chi connectivity index (χ3v) is 3.82. The first-order valence-electron chi connectivity index (χ1n) is 6.51. The lowest BCUT2D eigenvalue weighted by Gasteiger charge is -2.19. The van der Waals surface area contributed by atoms with E-state index in [-0.39, 0.29) is 6.04 Å². The summed E-state index contributed by atoms with van der Waals surface area (Å²) in [7, 11) is 3.31. The van der Waals surface area contributed by atoms with Crippen molar-refractivity contribution in [1.82, 2.24) is 15.2 Å². The zero-order valence-electron chi connectivity index (χ0n) is 12.0. The van der Waals surface area contributed by atoms with Gasteiger partial charge in [0, 0.05) is 7.11 Å². The highest BCUT2D eigenvalue weighted by Crippen LogP contribution is 2.29. The highest BCUT2D eigenvalue weighted by Gasteiger charge is 2.21. The van der Waals surface area contributed by atoms with Gasteiger partial charge in [0.25, 0.3) is 0 Å². The fourth-order valence-electron chi connectivity index (χ4n) is 2.17. The number of hydrogen-bond donors (Lipinski definition) is 2. The minimum absolute atomic E-state index is 0.200. The van der Waals surface area contributed by atoms with Crippen molar-refractivity contribution in [2.75, 3.05) is 20.8 Å². The molecule has 0 aliphatic heterocycles. The molecule has 0 radical (unpaired) electrons. The smallest absolute Gasteiger partial charge is 0.119 e. The van der Waals surface area contributed by atoms with Crippen LogP contribution in [0.2, 0.25) is 0 Å². The van der Waals surface area contributed by atoms with Crippen molar-refractivity contribution in [2.45, 2.75) is 12.6 Å². The van der Waals surface area contributed by atoms with Crippen LogP contribution in [0.15, 0.2) is 34.9 Å². The Morgan fingerprint density at radius 3 is 2.90 bits per heavy atom. The number of aromatic nitrogens is 2. The predicted molar refractivity (Wildman–Crippen MR) is 84.0 cm³/mol. The van der Waals surface area contributed by atoms with Crippen LogP contribution in [-0.4, -0.2) is 30.6 Å². The number of nitrogens with one attached hydrogen (secondary N) is 1. The number of halogens is 1. The van der Waals surface area contributed by atoms with E-state index >= 15 is 0 Å². The van der Waals surface area contributed by atoms with Gasteiger partial charge >= 0.3 is 0 Å². The summed E-state index contributed by atoms with van der Waals surface area (Å²) in [6.45, 7) is 1.23. The van der Waals surface area contributed by atoms with Gasteiger partial charge in [-0.15, -0.1) is 0 Å². The average Bonchev–Trinajstić information content (AvgIpc) is 2.88. The van der Waals surface area contributed by atoms with Crippen molar-refractivity contribution < 1.29 is 9.47 Å². The molecule has 2 aromatic rings. The van der Waals surface area contributed by atoms with E-state index in [0.717, 1.165) is 21.5 Å². The van der Waals surface area contributed by atoms with Gasteiger partial charge < -0.3 is 9.47 Å². The van der Waals surface area contributed by atoms with E-state index in [4.69, 9.17) is 15.3 Å². The lowest BCUT2D eigenvalue weighted by molar-refractivity contribution is 0.182. The average molecular weight is 355 g/mol. The van der Waals surface area contributed by atoms with Crippen molar-refractivity contribution in [3.63, 3.8) is 0 Å². The summed E-state index contributed by atoms with van der Waals surface area (Å²) in [4.78, 5) is 0. The van der Waals surface area contributed by atoms with Crippen LogP contribution in [0.3, 0.4) is 0 Å². The van der Waals surface area contributed by atoms with Crippen LogP contribution in [-0.2, 0) is 11.3 Å². The fourth-order valence-corrected chi connectivity index (χ4v) is 2.69. The zero-order chi connectivity index (χ0) is 15.2. The van der Waals surface area contributed by atoms with Crippen molar-refractivity contribution in [2.24, 2.45) is 5.84 Å². The van der Waals surface area contributed by atoms with E-state index in [2.05, 4.69) is 26.5 Å². The van der Waals surface area contributed by atoms with Crippen LogP contribution in [0.25, 0.3) is 0 Å². The van der Waals surface area contributed by atoms with Gasteiger partial charge in [-0.1, -0.05) is 12.1 Å². The zero-order valence-corrected chi connectivity index (χ0v) is 13.6. The molecule has 0 amide bonds. The summed E-state index contributed by atoms with van der Waals surface area (Å²) < 4.78 is 13.2. The Morgan fingerprint density at radius 1 is 1.43 bits per heavy atom.